The van der Waals surface area contributed by atoms with Crippen LogP contribution in [0.5, 0.6) is 5.75 Å². The summed E-state index contributed by atoms with van der Waals surface area (Å²) >= 11 is 7.20. The number of thiazole rings is 1. The van der Waals surface area contributed by atoms with Crippen molar-refractivity contribution in [2.45, 2.75) is 26.8 Å². The zero-order chi connectivity index (χ0) is 27.6. The summed E-state index contributed by atoms with van der Waals surface area (Å²) in [5.41, 5.74) is 1.79. The Kier molecular flexibility index (Phi) is 7.99. The number of carbonyl (C=O) groups excluding carboxylic acids is 3. The van der Waals surface area contributed by atoms with Gasteiger partial charge in [-0.1, -0.05) is 47.7 Å². The number of anilines is 1. The molecule has 0 saturated carbocycles. The number of rotatable bonds is 8. The van der Waals surface area contributed by atoms with Crippen LogP contribution < -0.4 is 9.64 Å². The number of Topliss-reactive ketones (excluding diaryl/α,β-unsaturated/α-hetero) is 1. The van der Waals surface area contributed by atoms with Gasteiger partial charge in [0.05, 0.1) is 23.9 Å². The van der Waals surface area contributed by atoms with Crippen molar-refractivity contribution in [1.82, 2.24) is 4.98 Å². The van der Waals surface area contributed by atoms with Crippen LogP contribution in [-0.4, -0.2) is 41.0 Å². The molecule has 4 rings (SSSR count). The van der Waals surface area contributed by atoms with Gasteiger partial charge in [-0.25, -0.2) is 9.78 Å². The minimum Gasteiger partial charge on any atom is -0.507 e. The van der Waals surface area contributed by atoms with Crippen LogP contribution in [-0.2, 0) is 14.3 Å². The van der Waals surface area contributed by atoms with Gasteiger partial charge in [0.1, 0.15) is 23.0 Å². The van der Waals surface area contributed by atoms with Gasteiger partial charge in [0.25, 0.3) is 5.78 Å². The van der Waals surface area contributed by atoms with E-state index in [1.807, 2.05) is 0 Å². The summed E-state index contributed by atoms with van der Waals surface area (Å²) in [4.78, 5) is 45.0. The molecule has 38 heavy (non-hydrogen) atoms. The number of hydrogen-bond donors (Lipinski definition) is 1. The van der Waals surface area contributed by atoms with Gasteiger partial charge in [0.2, 0.25) is 0 Å². The molecule has 0 bridgehead atoms. The van der Waals surface area contributed by atoms with Crippen molar-refractivity contribution < 1.29 is 29.0 Å². The van der Waals surface area contributed by atoms with E-state index in [1.165, 1.54) is 4.90 Å². The first kappa shape index (κ1) is 27.1. The van der Waals surface area contributed by atoms with Crippen molar-refractivity contribution in [1.29, 1.82) is 0 Å². The van der Waals surface area contributed by atoms with Crippen LogP contribution in [0.1, 0.15) is 45.0 Å². The molecule has 1 atom stereocenters. The number of esters is 1. The van der Waals surface area contributed by atoms with E-state index in [0.29, 0.717) is 34.2 Å². The Morgan fingerprint density at radius 3 is 2.66 bits per heavy atom. The van der Waals surface area contributed by atoms with Crippen molar-refractivity contribution in [3.63, 3.8) is 0 Å². The number of halogens is 1. The van der Waals surface area contributed by atoms with E-state index in [9.17, 15) is 19.5 Å². The first-order chi connectivity index (χ1) is 18.2. The highest BCUT2D eigenvalue weighted by atomic mass is 35.5. The van der Waals surface area contributed by atoms with Crippen molar-refractivity contribution >= 4 is 51.5 Å². The Hall–Kier alpha value is -3.95. The van der Waals surface area contributed by atoms with E-state index in [2.05, 4.69) is 11.6 Å². The fourth-order valence-electron chi connectivity index (χ4n) is 4.16. The van der Waals surface area contributed by atoms with Crippen LogP contribution in [0.25, 0.3) is 5.76 Å². The number of hydrogen-bond acceptors (Lipinski definition) is 8. The number of ether oxygens (including phenoxy) is 2. The van der Waals surface area contributed by atoms with E-state index < -0.39 is 23.7 Å². The molecule has 0 aliphatic carbocycles. The number of aliphatic hydroxyl groups excluding tert-OH is 1. The summed E-state index contributed by atoms with van der Waals surface area (Å²) in [6.45, 7) is 9.23. The maximum Gasteiger partial charge on any atom is 0.350 e. The average molecular weight is 553 g/mol. The average Bonchev–Trinajstić information content (AvgIpc) is 3.39. The Balaban J connectivity index is 1.88. The fourth-order valence-corrected chi connectivity index (χ4v) is 5.34. The predicted octanol–water partition coefficient (Wildman–Crippen LogP) is 5.78. The minimum atomic E-state index is -1.04. The highest BCUT2D eigenvalue weighted by molar-refractivity contribution is 7.17. The summed E-state index contributed by atoms with van der Waals surface area (Å²) in [6, 6.07) is 10.6. The Morgan fingerprint density at radius 1 is 1.24 bits per heavy atom. The van der Waals surface area contributed by atoms with Crippen LogP contribution in [0.15, 0.2) is 60.7 Å². The topological polar surface area (TPSA) is 106 Å². The van der Waals surface area contributed by atoms with Crippen LogP contribution in [0.4, 0.5) is 5.13 Å². The number of aliphatic hydroxyl groups is 1. The third-order valence-corrected chi connectivity index (χ3v) is 7.24. The third-order valence-electron chi connectivity index (χ3n) is 5.87. The molecule has 1 aliphatic heterocycles. The number of aromatic nitrogens is 1. The lowest BCUT2D eigenvalue weighted by atomic mass is 9.95. The lowest BCUT2D eigenvalue weighted by Crippen LogP contribution is -2.29. The van der Waals surface area contributed by atoms with Gasteiger partial charge in [-0.15, -0.1) is 0 Å². The molecule has 1 N–H and O–H groups in total. The minimum absolute atomic E-state index is 0.123. The molecule has 1 aromatic heterocycles. The fraction of sp³-hybridized carbons (Fsp3) is 0.214. The molecule has 1 fully saturated rings. The van der Waals surface area contributed by atoms with E-state index in [1.54, 1.807) is 69.3 Å². The van der Waals surface area contributed by atoms with Crippen molar-refractivity contribution in [3.8, 4) is 5.75 Å². The quantitative estimate of drug-likeness (QED) is 0.124. The molecule has 10 heteroatoms. The molecule has 1 amide bonds. The number of carbonyl (C=O) groups is 3. The summed E-state index contributed by atoms with van der Waals surface area (Å²) < 4.78 is 10.7. The second kappa shape index (κ2) is 11.2. The Morgan fingerprint density at radius 2 is 2.00 bits per heavy atom. The van der Waals surface area contributed by atoms with Crippen molar-refractivity contribution in [2.24, 2.45) is 0 Å². The number of benzene rings is 2. The van der Waals surface area contributed by atoms with Crippen molar-refractivity contribution in [2.75, 3.05) is 18.1 Å². The number of nitrogens with zero attached hydrogens (tertiary/aromatic N) is 2. The molecule has 2 heterocycles. The Bertz CT molecular complexity index is 1480. The monoisotopic (exact) mass is 552 g/mol. The van der Waals surface area contributed by atoms with Gasteiger partial charge in [-0.2, -0.15) is 0 Å². The molecular weight excluding hydrogens is 528 g/mol. The zero-order valence-corrected chi connectivity index (χ0v) is 22.6. The van der Waals surface area contributed by atoms with Crippen molar-refractivity contribution in [3.05, 3.63) is 93.0 Å². The molecule has 1 unspecified atom stereocenters. The second-order valence-electron chi connectivity index (χ2n) is 8.44. The molecular formula is C28H25ClN2O6S. The normalized spacial score (nSPS) is 16.5. The van der Waals surface area contributed by atoms with E-state index >= 15 is 0 Å². The number of ketones is 1. The second-order valence-corrected chi connectivity index (χ2v) is 9.85. The van der Waals surface area contributed by atoms with Gasteiger partial charge in [0, 0.05) is 10.6 Å². The molecule has 3 aromatic rings. The first-order valence-electron chi connectivity index (χ1n) is 11.7. The molecule has 1 aliphatic rings. The standard InChI is InChI=1S/C28H25ClN2O6S/c1-5-12-37-20-11-10-18(13-15(20)3)23(32)21-22(17-8-7-9-19(29)14-17)31(26(34)24(21)33)28-30-16(4)25(38-28)27(35)36-6-2/h5,7-11,13-14,22,32H,1,6,12H2,2-4H3/b23-21-. The van der Waals surface area contributed by atoms with E-state index in [4.69, 9.17) is 21.1 Å². The van der Waals surface area contributed by atoms with E-state index in [0.717, 1.165) is 16.9 Å². The summed E-state index contributed by atoms with van der Waals surface area (Å²) in [5.74, 6) is -2.10. The molecule has 196 valence electrons. The van der Waals surface area contributed by atoms with Crippen LogP contribution in [0.3, 0.4) is 0 Å². The third kappa shape index (κ3) is 5.07. The number of aryl methyl sites for hydroxylation is 2. The smallest absolute Gasteiger partial charge is 0.350 e. The maximum atomic E-state index is 13.4. The summed E-state index contributed by atoms with van der Waals surface area (Å²) in [5, 5.41) is 11.9. The Labute approximate surface area is 228 Å². The van der Waals surface area contributed by atoms with Crippen LogP contribution in [0.2, 0.25) is 5.02 Å². The highest BCUT2D eigenvalue weighted by Crippen LogP contribution is 2.44. The molecule has 2 aromatic carbocycles. The number of amides is 1. The molecule has 8 nitrogen and oxygen atoms in total. The predicted molar refractivity (Wildman–Crippen MR) is 146 cm³/mol. The van der Waals surface area contributed by atoms with Gasteiger partial charge < -0.3 is 14.6 Å². The van der Waals surface area contributed by atoms with Gasteiger partial charge in [-0.3, -0.25) is 14.5 Å². The maximum absolute atomic E-state index is 13.4. The van der Waals surface area contributed by atoms with Gasteiger partial charge in [0.15, 0.2) is 5.13 Å². The van der Waals surface area contributed by atoms with Gasteiger partial charge >= 0.3 is 11.9 Å². The SMILES string of the molecule is C=CCOc1ccc(/C(O)=C2/C(=O)C(=O)N(c3nc(C)c(C(=O)OCC)s3)C2c2cccc(Cl)c2)cc1C. The largest absolute Gasteiger partial charge is 0.507 e. The molecule has 0 radical (unpaired) electrons. The summed E-state index contributed by atoms with van der Waals surface area (Å²) in [6.07, 6.45) is 1.62. The zero-order valence-electron chi connectivity index (χ0n) is 21.0. The van der Waals surface area contributed by atoms with Crippen LogP contribution >= 0.6 is 22.9 Å². The molecule has 1 saturated heterocycles. The van der Waals surface area contributed by atoms with Crippen LogP contribution in [0, 0.1) is 13.8 Å². The highest BCUT2D eigenvalue weighted by Gasteiger charge is 2.48. The van der Waals surface area contributed by atoms with Gasteiger partial charge in [-0.05, 0) is 62.2 Å². The first-order valence-corrected chi connectivity index (χ1v) is 12.9. The molecule has 0 spiro atoms. The van der Waals surface area contributed by atoms with E-state index in [-0.39, 0.29) is 27.9 Å². The lowest BCUT2D eigenvalue weighted by Gasteiger charge is -2.23. The summed E-state index contributed by atoms with van der Waals surface area (Å²) in [7, 11) is 0. The lowest BCUT2D eigenvalue weighted by molar-refractivity contribution is -0.132.